The minimum atomic E-state index is -3.09. The predicted octanol–water partition coefficient (Wildman–Crippen LogP) is 1.43. The summed E-state index contributed by atoms with van der Waals surface area (Å²) in [5.41, 5.74) is 0.768. The van der Waals surface area contributed by atoms with Gasteiger partial charge in [0.05, 0.1) is 0 Å². The normalized spacial score (nSPS) is 14.7. The number of fused-ring (bicyclic) bond motifs is 1. The molecule has 1 heterocycles. The molecule has 1 aliphatic heterocycles. The largest absolute Gasteiger partial charge is 0.454 e. The van der Waals surface area contributed by atoms with Gasteiger partial charge in [0.25, 0.3) is 0 Å². The van der Waals surface area contributed by atoms with Crippen LogP contribution < -0.4 is 9.47 Å². The molecule has 1 aromatic carbocycles. The van der Waals surface area contributed by atoms with Gasteiger partial charge in [-0.1, -0.05) is 6.07 Å². The first-order valence-electron chi connectivity index (χ1n) is 4.32. The molecule has 0 amide bonds. The van der Waals surface area contributed by atoms with Crippen LogP contribution in [0.4, 0.5) is 0 Å². The Morgan fingerprint density at radius 2 is 2.00 bits per heavy atom. The number of rotatable bonds is 2. The lowest BCUT2D eigenvalue weighted by atomic mass is 10.2. The van der Waals surface area contributed by atoms with Crippen LogP contribution in [0.2, 0.25) is 0 Å². The molecular weight excluding hydrogens is 216 g/mol. The average molecular weight is 226 g/mol. The maximum Gasteiger partial charge on any atom is 0.231 e. The summed E-state index contributed by atoms with van der Waals surface area (Å²) in [5, 5.41) is 1.16. The second-order valence-corrected chi connectivity index (χ2v) is 5.18. The van der Waals surface area contributed by atoms with Gasteiger partial charge in [0.1, 0.15) is 0 Å². The quantitative estimate of drug-likeness (QED) is 0.765. The Morgan fingerprint density at radius 1 is 1.27 bits per heavy atom. The fraction of sp³-hybridized carbons (Fsp3) is 0.200. The van der Waals surface area contributed by atoms with Gasteiger partial charge in [-0.15, -0.1) is 0 Å². The lowest BCUT2D eigenvalue weighted by Gasteiger charge is -1.96. The zero-order chi connectivity index (χ0) is 10.9. The van der Waals surface area contributed by atoms with E-state index in [1.165, 1.54) is 6.08 Å². The molecule has 80 valence electrons. The van der Waals surface area contributed by atoms with Crippen LogP contribution in [0.25, 0.3) is 6.08 Å². The van der Waals surface area contributed by atoms with Crippen molar-refractivity contribution in [2.75, 3.05) is 13.0 Å². The average Bonchev–Trinajstić information content (AvgIpc) is 2.60. The van der Waals surface area contributed by atoms with Crippen LogP contribution in [0.3, 0.4) is 0 Å². The van der Waals surface area contributed by atoms with Crippen molar-refractivity contribution in [1.29, 1.82) is 0 Å². The molecule has 0 spiro atoms. The van der Waals surface area contributed by atoms with E-state index in [-0.39, 0.29) is 6.79 Å². The fourth-order valence-corrected chi connectivity index (χ4v) is 1.62. The highest BCUT2D eigenvalue weighted by Gasteiger charge is 2.12. The number of hydrogen-bond acceptors (Lipinski definition) is 4. The first-order valence-corrected chi connectivity index (χ1v) is 6.28. The van der Waals surface area contributed by atoms with Gasteiger partial charge in [-0.3, -0.25) is 0 Å². The van der Waals surface area contributed by atoms with Crippen molar-refractivity contribution < 1.29 is 17.9 Å². The van der Waals surface area contributed by atoms with Crippen LogP contribution in [-0.4, -0.2) is 21.5 Å². The summed E-state index contributed by atoms with van der Waals surface area (Å²) in [4.78, 5) is 0. The van der Waals surface area contributed by atoms with Crippen LogP contribution in [0, 0.1) is 0 Å². The summed E-state index contributed by atoms with van der Waals surface area (Å²) >= 11 is 0. The molecule has 1 aromatic rings. The molecule has 4 nitrogen and oxygen atoms in total. The van der Waals surface area contributed by atoms with Gasteiger partial charge in [0.2, 0.25) is 6.79 Å². The Kier molecular flexibility index (Phi) is 2.40. The summed E-state index contributed by atoms with van der Waals surface area (Å²) in [6.07, 6.45) is 2.67. The van der Waals surface area contributed by atoms with Crippen LogP contribution in [0.15, 0.2) is 23.6 Å². The summed E-state index contributed by atoms with van der Waals surface area (Å²) in [5.74, 6) is 1.33. The summed E-state index contributed by atoms with van der Waals surface area (Å²) in [6, 6.07) is 5.27. The molecule has 0 saturated heterocycles. The van der Waals surface area contributed by atoms with Gasteiger partial charge in [0, 0.05) is 11.7 Å². The fourth-order valence-electron chi connectivity index (χ4n) is 1.22. The highest BCUT2D eigenvalue weighted by molar-refractivity contribution is 7.93. The van der Waals surface area contributed by atoms with Crippen molar-refractivity contribution in [3.05, 3.63) is 29.2 Å². The molecule has 15 heavy (non-hydrogen) atoms. The molecular formula is C10H10O4S. The Hall–Kier alpha value is -1.49. The predicted molar refractivity (Wildman–Crippen MR) is 56.4 cm³/mol. The first-order chi connectivity index (χ1) is 7.04. The van der Waals surface area contributed by atoms with Crippen molar-refractivity contribution in [3.8, 4) is 11.5 Å². The topological polar surface area (TPSA) is 52.6 Å². The van der Waals surface area contributed by atoms with E-state index >= 15 is 0 Å². The third-order valence-electron chi connectivity index (χ3n) is 1.90. The number of ether oxygens (including phenoxy) is 2. The summed E-state index contributed by atoms with van der Waals surface area (Å²) < 4.78 is 32.1. The second kappa shape index (κ2) is 3.58. The molecule has 0 bridgehead atoms. The lowest BCUT2D eigenvalue weighted by Crippen LogP contribution is -1.92. The van der Waals surface area contributed by atoms with Crippen molar-refractivity contribution in [2.24, 2.45) is 0 Å². The monoisotopic (exact) mass is 226 g/mol. The zero-order valence-corrected chi connectivity index (χ0v) is 8.95. The van der Waals surface area contributed by atoms with Gasteiger partial charge in [-0.2, -0.15) is 0 Å². The van der Waals surface area contributed by atoms with Crippen LogP contribution >= 0.6 is 0 Å². The number of benzene rings is 1. The van der Waals surface area contributed by atoms with Gasteiger partial charge in [0.15, 0.2) is 21.3 Å². The maximum atomic E-state index is 10.9. The van der Waals surface area contributed by atoms with Crippen molar-refractivity contribution in [3.63, 3.8) is 0 Å². The van der Waals surface area contributed by atoms with Crippen molar-refractivity contribution in [1.82, 2.24) is 0 Å². The highest BCUT2D eigenvalue weighted by Crippen LogP contribution is 2.32. The van der Waals surface area contributed by atoms with Crippen LogP contribution in [0.1, 0.15) is 5.56 Å². The molecule has 0 unspecified atom stereocenters. The third kappa shape index (κ3) is 2.50. The van der Waals surface area contributed by atoms with E-state index in [0.29, 0.717) is 11.5 Å². The Labute approximate surface area is 88.0 Å². The Balaban J connectivity index is 2.28. The SMILES string of the molecule is CS(=O)(=O)/C=C/c1ccc2c(c1)OCO2. The van der Waals surface area contributed by atoms with E-state index in [2.05, 4.69) is 0 Å². The molecule has 0 atom stereocenters. The van der Waals surface area contributed by atoms with Gasteiger partial charge >= 0.3 is 0 Å². The molecule has 5 heteroatoms. The lowest BCUT2D eigenvalue weighted by molar-refractivity contribution is 0.174. The molecule has 0 radical (unpaired) electrons. The van der Waals surface area contributed by atoms with E-state index in [1.54, 1.807) is 18.2 Å². The summed E-state index contributed by atoms with van der Waals surface area (Å²) in [7, 11) is -3.09. The molecule has 0 aliphatic carbocycles. The highest BCUT2D eigenvalue weighted by atomic mass is 32.2. The van der Waals surface area contributed by atoms with E-state index in [0.717, 1.165) is 17.2 Å². The molecule has 0 N–H and O–H groups in total. The van der Waals surface area contributed by atoms with Gasteiger partial charge in [-0.05, 0) is 23.8 Å². The second-order valence-electron chi connectivity index (χ2n) is 3.24. The Morgan fingerprint density at radius 3 is 2.73 bits per heavy atom. The molecule has 0 fully saturated rings. The van der Waals surface area contributed by atoms with Gasteiger partial charge in [-0.25, -0.2) is 8.42 Å². The standard InChI is InChI=1S/C10H10O4S/c1-15(11,12)5-4-8-2-3-9-10(6-8)14-7-13-9/h2-6H,7H2,1H3/b5-4+. The van der Waals surface area contributed by atoms with E-state index in [4.69, 9.17) is 9.47 Å². The first kappa shape index (κ1) is 10.0. The number of sulfone groups is 1. The molecule has 0 saturated carbocycles. The molecule has 1 aliphatic rings. The Bertz CT molecular complexity index is 502. The molecule has 0 aromatic heterocycles. The number of hydrogen-bond donors (Lipinski definition) is 0. The summed E-state index contributed by atoms with van der Waals surface area (Å²) in [6.45, 7) is 0.217. The molecule has 2 rings (SSSR count). The smallest absolute Gasteiger partial charge is 0.231 e. The van der Waals surface area contributed by atoms with E-state index in [9.17, 15) is 8.42 Å². The van der Waals surface area contributed by atoms with E-state index < -0.39 is 9.84 Å². The third-order valence-corrected chi connectivity index (χ3v) is 2.53. The minimum Gasteiger partial charge on any atom is -0.454 e. The van der Waals surface area contributed by atoms with Crippen molar-refractivity contribution in [2.45, 2.75) is 0 Å². The van der Waals surface area contributed by atoms with Crippen molar-refractivity contribution >= 4 is 15.9 Å². The van der Waals surface area contributed by atoms with Crippen LogP contribution in [-0.2, 0) is 9.84 Å². The van der Waals surface area contributed by atoms with Gasteiger partial charge < -0.3 is 9.47 Å². The maximum absolute atomic E-state index is 10.9. The minimum absolute atomic E-state index is 0.217. The zero-order valence-electron chi connectivity index (χ0n) is 8.14. The van der Waals surface area contributed by atoms with E-state index in [1.807, 2.05) is 0 Å². The van der Waals surface area contributed by atoms with Crippen LogP contribution in [0.5, 0.6) is 11.5 Å².